The zero-order valence-electron chi connectivity index (χ0n) is 14.2. The van der Waals surface area contributed by atoms with Crippen molar-refractivity contribution in [3.05, 3.63) is 25.9 Å². The Balaban J connectivity index is 1.97. The molecule has 6 nitrogen and oxygen atoms in total. The van der Waals surface area contributed by atoms with Crippen LogP contribution in [0.5, 0.6) is 0 Å². The van der Waals surface area contributed by atoms with Crippen LogP contribution in [0.1, 0.15) is 37.7 Å². The number of carbonyl (C=O) groups is 1. The van der Waals surface area contributed by atoms with Gasteiger partial charge in [0.1, 0.15) is 4.60 Å². The zero-order chi connectivity index (χ0) is 18.2. The van der Waals surface area contributed by atoms with E-state index in [2.05, 4.69) is 68.0 Å². The van der Waals surface area contributed by atoms with Crippen LogP contribution < -0.4 is 5.32 Å². The van der Waals surface area contributed by atoms with E-state index < -0.39 is 6.09 Å². The van der Waals surface area contributed by atoms with Crippen LogP contribution in [0.25, 0.3) is 10.9 Å². The topological polar surface area (TPSA) is 76.4 Å². The van der Waals surface area contributed by atoms with Crippen molar-refractivity contribution in [3.8, 4) is 0 Å². The number of hydrogen-bond acceptors (Lipinski definition) is 3. The summed E-state index contributed by atoms with van der Waals surface area (Å²) >= 11 is 5.90. The molecule has 2 N–H and O–H groups in total. The molecule has 0 saturated heterocycles. The number of aromatic nitrogens is 2. The Bertz CT molecular complexity index is 804. The summed E-state index contributed by atoms with van der Waals surface area (Å²) in [5, 5.41) is 17.6. The van der Waals surface area contributed by atoms with E-state index in [9.17, 15) is 4.79 Å². The number of hydrogen-bond donors (Lipinski definition) is 2. The first-order valence-electron chi connectivity index (χ1n) is 8.23. The van der Waals surface area contributed by atoms with E-state index in [4.69, 9.17) is 9.84 Å². The average molecular weight is 522 g/mol. The number of carboxylic acid groups (broad SMARTS) is 1. The van der Waals surface area contributed by atoms with E-state index in [0.717, 1.165) is 50.4 Å². The molecule has 0 spiro atoms. The lowest BCUT2D eigenvalue weighted by molar-refractivity contribution is 0.186. The Morgan fingerprint density at radius 1 is 1.56 bits per heavy atom. The highest BCUT2D eigenvalue weighted by atomic mass is 127. The monoisotopic (exact) mass is 521 g/mol. The molecule has 1 aliphatic rings. The molecule has 136 valence electrons. The molecule has 25 heavy (non-hydrogen) atoms. The standard InChI is InChI=1S/C17H21BrIN3O3/c1-10(17(4-5-17)20-16(23)24)11-8-12(19)14-13(9-11)22(21-15(14)18)6-3-7-25-2/h8-10,20H,3-7H2,1-2H3,(H,23,24). The summed E-state index contributed by atoms with van der Waals surface area (Å²) in [7, 11) is 1.70. The van der Waals surface area contributed by atoms with Gasteiger partial charge in [0.05, 0.1) is 11.1 Å². The molecule has 1 heterocycles. The zero-order valence-corrected chi connectivity index (χ0v) is 17.9. The van der Waals surface area contributed by atoms with Gasteiger partial charge in [0.15, 0.2) is 0 Å². The van der Waals surface area contributed by atoms with Crippen molar-refractivity contribution < 1.29 is 14.6 Å². The second-order valence-electron chi connectivity index (χ2n) is 6.57. The van der Waals surface area contributed by atoms with Crippen molar-refractivity contribution in [2.24, 2.45) is 0 Å². The van der Waals surface area contributed by atoms with E-state index in [1.54, 1.807) is 7.11 Å². The van der Waals surface area contributed by atoms with E-state index in [-0.39, 0.29) is 11.5 Å². The number of aryl methyl sites for hydroxylation is 1. The molecule has 3 rings (SSSR count). The van der Waals surface area contributed by atoms with Crippen LogP contribution in [-0.2, 0) is 11.3 Å². The van der Waals surface area contributed by atoms with E-state index in [0.29, 0.717) is 6.61 Å². The lowest BCUT2D eigenvalue weighted by Gasteiger charge is -2.24. The highest BCUT2D eigenvalue weighted by Gasteiger charge is 2.49. The first-order valence-corrected chi connectivity index (χ1v) is 10.1. The van der Waals surface area contributed by atoms with Gasteiger partial charge in [-0.05, 0) is 75.5 Å². The Morgan fingerprint density at radius 2 is 2.28 bits per heavy atom. The average Bonchev–Trinajstić information content (AvgIpc) is 3.24. The third-order valence-corrected chi connectivity index (χ3v) is 6.38. The smallest absolute Gasteiger partial charge is 0.405 e. The molecule has 2 aromatic rings. The van der Waals surface area contributed by atoms with Gasteiger partial charge in [-0.2, -0.15) is 5.10 Å². The normalized spacial score (nSPS) is 16.8. The van der Waals surface area contributed by atoms with Crippen LogP contribution in [0.15, 0.2) is 16.7 Å². The minimum Gasteiger partial charge on any atom is -0.465 e. The van der Waals surface area contributed by atoms with Crippen molar-refractivity contribution in [1.29, 1.82) is 0 Å². The predicted molar refractivity (Wildman–Crippen MR) is 108 cm³/mol. The molecule has 1 aromatic heterocycles. The van der Waals surface area contributed by atoms with Gasteiger partial charge in [0.25, 0.3) is 0 Å². The molecule has 1 aromatic carbocycles. The fraction of sp³-hybridized carbons (Fsp3) is 0.529. The van der Waals surface area contributed by atoms with Crippen LogP contribution in [0.3, 0.4) is 0 Å². The van der Waals surface area contributed by atoms with Gasteiger partial charge in [-0.1, -0.05) is 6.92 Å². The summed E-state index contributed by atoms with van der Waals surface area (Å²) in [5.41, 5.74) is 1.88. The second kappa shape index (κ2) is 7.40. The molecular weight excluding hydrogens is 501 g/mol. The Hall–Kier alpha value is -0.870. The molecule has 8 heteroatoms. The maximum Gasteiger partial charge on any atom is 0.405 e. The first-order chi connectivity index (χ1) is 11.9. The molecule has 1 saturated carbocycles. The fourth-order valence-corrected chi connectivity index (χ4v) is 5.21. The molecule has 1 amide bonds. The largest absolute Gasteiger partial charge is 0.465 e. The second-order valence-corrected chi connectivity index (χ2v) is 8.48. The first kappa shape index (κ1) is 18.9. The van der Waals surface area contributed by atoms with Crippen LogP contribution in [-0.4, -0.2) is 40.2 Å². The van der Waals surface area contributed by atoms with Gasteiger partial charge in [0, 0.05) is 35.1 Å². The van der Waals surface area contributed by atoms with Gasteiger partial charge in [0.2, 0.25) is 0 Å². The summed E-state index contributed by atoms with van der Waals surface area (Å²) in [5.74, 6) is 0.114. The highest BCUT2D eigenvalue weighted by Crippen LogP contribution is 2.48. The Morgan fingerprint density at radius 3 is 2.88 bits per heavy atom. The predicted octanol–water partition coefficient (Wildman–Crippen LogP) is 4.34. The molecule has 0 radical (unpaired) electrons. The minimum absolute atomic E-state index is 0.114. The Labute approximate surface area is 168 Å². The van der Waals surface area contributed by atoms with Crippen molar-refractivity contribution in [2.45, 2.75) is 44.2 Å². The number of ether oxygens (including phenoxy) is 1. The van der Waals surface area contributed by atoms with Gasteiger partial charge < -0.3 is 15.2 Å². The van der Waals surface area contributed by atoms with Crippen molar-refractivity contribution >= 4 is 55.5 Å². The third-order valence-electron chi connectivity index (χ3n) is 4.98. The van der Waals surface area contributed by atoms with E-state index in [1.165, 1.54) is 0 Å². The number of rotatable bonds is 7. The maximum atomic E-state index is 11.1. The maximum absolute atomic E-state index is 11.1. The summed E-state index contributed by atoms with van der Waals surface area (Å²) in [6, 6.07) is 4.29. The number of benzene rings is 1. The number of amides is 1. The summed E-state index contributed by atoms with van der Waals surface area (Å²) in [6.07, 6.45) is 1.70. The Kier molecular flexibility index (Phi) is 5.60. The number of methoxy groups -OCH3 is 1. The fourth-order valence-electron chi connectivity index (χ4n) is 3.34. The van der Waals surface area contributed by atoms with Crippen molar-refractivity contribution in [1.82, 2.24) is 15.1 Å². The lowest BCUT2D eigenvalue weighted by Crippen LogP contribution is -2.39. The SMILES string of the molecule is COCCCn1nc(Br)c2c(I)cc(C(C)C3(NC(=O)O)CC3)cc21. The van der Waals surface area contributed by atoms with Crippen LogP contribution in [0.4, 0.5) is 4.79 Å². The molecule has 1 aliphatic carbocycles. The van der Waals surface area contributed by atoms with E-state index >= 15 is 0 Å². The van der Waals surface area contributed by atoms with Crippen LogP contribution >= 0.6 is 38.5 Å². The molecular formula is C17H21BrIN3O3. The van der Waals surface area contributed by atoms with Crippen LogP contribution in [0.2, 0.25) is 0 Å². The molecule has 1 atom stereocenters. The van der Waals surface area contributed by atoms with Crippen LogP contribution in [0, 0.1) is 3.57 Å². The summed E-state index contributed by atoms with van der Waals surface area (Å²) in [6.45, 7) is 3.57. The number of halogens is 2. The molecule has 0 aliphatic heterocycles. The molecule has 1 fully saturated rings. The van der Waals surface area contributed by atoms with Crippen molar-refractivity contribution in [2.75, 3.05) is 13.7 Å². The van der Waals surface area contributed by atoms with Gasteiger partial charge >= 0.3 is 6.09 Å². The number of nitrogens with zero attached hydrogens (tertiary/aromatic N) is 2. The quantitative estimate of drug-likeness (QED) is 0.419. The van der Waals surface area contributed by atoms with Gasteiger partial charge in [-0.25, -0.2) is 4.79 Å². The minimum atomic E-state index is -0.951. The van der Waals surface area contributed by atoms with Crippen molar-refractivity contribution in [3.63, 3.8) is 0 Å². The van der Waals surface area contributed by atoms with Gasteiger partial charge in [-0.3, -0.25) is 4.68 Å². The third kappa shape index (κ3) is 3.80. The lowest BCUT2D eigenvalue weighted by atomic mass is 9.90. The summed E-state index contributed by atoms with van der Waals surface area (Å²) in [4.78, 5) is 11.1. The highest BCUT2D eigenvalue weighted by molar-refractivity contribution is 14.1. The summed E-state index contributed by atoms with van der Waals surface area (Å²) < 4.78 is 9.10. The number of fused-ring (bicyclic) bond motifs is 1. The molecule has 1 unspecified atom stereocenters. The number of nitrogens with one attached hydrogen (secondary N) is 1. The van der Waals surface area contributed by atoms with E-state index in [1.807, 2.05) is 4.68 Å². The van der Waals surface area contributed by atoms with Gasteiger partial charge in [-0.15, -0.1) is 0 Å². The molecule has 0 bridgehead atoms.